The number of hydrogen-bond donors (Lipinski definition) is 1. The first kappa shape index (κ1) is 13.7. The molecule has 1 heterocycles. The average molecular weight is 239 g/mol. The van der Waals surface area contributed by atoms with Crippen molar-refractivity contribution in [1.29, 1.82) is 0 Å². The summed E-state index contributed by atoms with van der Waals surface area (Å²) in [5, 5.41) is 10.7. The third kappa shape index (κ3) is 4.97. The Bertz CT molecular complexity index is 377. The molecule has 1 amide bonds. The zero-order valence-corrected chi connectivity index (χ0v) is 11.2. The highest BCUT2D eigenvalue weighted by molar-refractivity contribution is 5.76. The maximum absolute atomic E-state index is 11.6. The summed E-state index contributed by atoms with van der Waals surface area (Å²) in [5.41, 5.74) is -0.199. The van der Waals surface area contributed by atoms with Gasteiger partial charge in [0.2, 0.25) is 17.7 Å². The second kappa shape index (κ2) is 5.29. The van der Waals surface area contributed by atoms with Crippen molar-refractivity contribution in [2.45, 2.75) is 58.9 Å². The summed E-state index contributed by atoms with van der Waals surface area (Å²) in [6.45, 7) is 9.84. The number of aromatic nitrogens is 2. The molecule has 17 heavy (non-hydrogen) atoms. The first-order valence-electron chi connectivity index (χ1n) is 5.91. The van der Waals surface area contributed by atoms with Crippen LogP contribution in [-0.4, -0.2) is 21.6 Å². The lowest BCUT2D eigenvalue weighted by molar-refractivity contribution is -0.122. The molecule has 0 aliphatic carbocycles. The Kier molecular flexibility index (Phi) is 4.26. The van der Waals surface area contributed by atoms with Gasteiger partial charge in [-0.05, 0) is 20.8 Å². The maximum atomic E-state index is 11.6. The van der Waals surface area contributed by atoms with Gasteiger partial charge < -0.3 is 9.73 Å². The van der Waals surface area contributed by atoms with E-state index in [0.717, 1.165) is 0 Å². The van der Waals surface area contributed by atoms with Crippen LogP contribution < -0.4 is 5.32 Å². The van der Waals surface area contributed by atoms with Crippen LogP contribution in [0, 0.1) is 0 Å². The van der Waals surface area contributed by atoms with Gasteiger partial charge in [-0.2, -0.15) is 0 Å². The zero-order valence-electron chi connectivity index (χ0n) is 11.2. The van der Waals surface area contributed by atoms with Crippen LogP contribution in [0.4, 0.5) is 0 Å². The van der Waals surface area contributed by atoms with Crippen LogP contribution in [0.1, 0.15) is 58.7 Å². The smallest absolute Gasteiger partial charge is 0.220 e. The minimum absolute atomic E-state index is 0.00166. The quantitative estimate of drug-likeness (QED) is 0.873. The SMILES string of the molecule is CC(C)c1nnc(CCC(=O)NC(C)(C)C)o1. The van der Waals surface area contributed by atoms with Crippen molar-refractivity contribution in [3.05, 3.63) is 11.8 Å². The number of amides is 1. The molecular weight excluding hydrogens is 218 g/mol. The lowest BCUT2D eigenvalue weighted by Crippen LogP contribution is -2.40. The highest BCUT2D eigenvalue weighted by Gasteiger charge is 2.15. The number of nitrogens with one attached hydrogen (secondary N) is 1. The van der Waals surface area contributed by atoms with Gasteiger partial charge in [0.05, 0.1) is 0 Å². The van der Waals surface area contributed by atoms with Crippen molar-refractivity contribution < 1.29 is 9.21 Å². The molecule has 1 aromatic rings. The van der Waals surface area contributed by atoms with E-state index in [9.17, 15) is 4.79 Å². The van der Waals surface area contributed by atoms with E-state index < -0.39 is 0 Å². The van der Waals surface area contributed by atoms with Crippen molar-refractivity contribution in [1.82, 2.24) is 15.5 Å². The van der Waals surface area contributed by atoms with E-state index in [1.165, 1.54) is 0 Å². The Labute approximate surface area is 102 Å². The topological polar surface area (TPSA) is 68.0 Å². The monoisotopic (exact) mass is 239 g/mol. The largest absolute Gasteiger partial charge is 0.425 e. The molecule has 0 fully saturated rings. The van der Waals surface area contributed by atoms with E-state index >= 15 is 0 Å². The predicted octanol–water partition coefficient (Wildman–Crippen LogP) is 2.04. The lowest BCUT2D eigenvalue weighted by Gasteiger charge is -2.20. The van der Waals surface area contributed by atoms with Crippen LogP contribution in [0.5, 0.6) is 0 Å². The highest BCUT2D eigenvalue weighted by Crippen LogP contribution is 2.12. The Hall–Kier alpha value is -1.39. The van der Waals surface area contributed by atoms with Gasteiger partial charge in [-0.1, -0.05) is 13.8 Å². The Morgan fingerprint density at radius 1 is 1.35 bits per heavy atom. The van der Waals surface area contributed by atoms with Gasteiger partial charge in [-0.25, -0.2) is 0 Å². The van der Waals surface area contributed by atoms with Crippen molar-refractivity contribution in [3.8, 4) is 0 Å². The minimum Gasteiger partial charge on any atom is -0.425 e. The molecule has 5 heteroatoms. The molecule has 0 bridgehead atoms. The molecule has 1 aromatic heterocycles. The van der Waals surface area contributed by atoms with E-state index in [1.807, 2.05) is 34.6 Å². The van der Waals surface area contributed by atoms with Gasteiger partial charge in [0.15, 0.2) is 0 Å². The van der Waals surface area contributed by atoms with Gasteiger partial charge in [0, 0.05) is 24.3 Å². The molecule has 0 aliphatic rings. The minimum atomic E-state index is -0.199. The van der Waals surface area contributed by atoms with Gasteiger partial charge in [0.25, 0.3) is 0 Å². The summed E-state index contributed by atoms with van der Waals surface area (Å²) in [5.74, 6) is 1.37. The normalized spacial score (nSPS) is 11.9. The van der Waals surface area contributed by atoms with Crippen molar-refractivity contribution >= 4 is 5.91 Å². The van der Waals surface area contributed by atoms with E-state index in [-0.39, 0.29) is 17.4 Å². The number of carbonyl (C=O) groups is 1. The fourth-order valence-corrected chi connectivity index (χ4v) is 1.30. The summed E-state index contributed by atoms with van der Waals surface area (Å²) < 4.78 is 5.42. The Morgan fingerprint density at radius 2 is 2.00 bits per heavy atom. The predicted molar refractivity (Wildman–Crippen MR) is 64.6 cm³/mol. The van der Waals surface area contributed by atoms with Crippen LogP contribution in [0.15, 0.2) is 4.42 Å². The van der Waals surface area contributed by atoms with Crippen molar-refractivity contribution in [2.24, 2.45) is 0 Å². The van der Waals surface area contributed by atoms with Gasteiger partial charge in [0.1, 0.15) is 0 Å². The Morgan fingerprint density at radius 3 is 2.47 bits per heavy atom. The molecule has 1 rings (SSSR count). The molecule has 0 unspecified atom stereocenters. The number of aryl methyl sites for hydroxylation is 1. The van der Waals surface area contributed by atoms with Crippen LogP contribution in [0.2, 0.25) is 0 Å². The first-order chi connectivity index (χ1) is 7.78. The second-order valence-electron chi connectivity index (χ2n) is 5.49. The standard InChI is InChI=1S/C12H21N3O2/c1-8(2)11-15-14-10(17-11)7-6-9(16)13-12(3,4)5/h8H,6-7H2,1-5H3,(H,13,16). The number of hydrogen-bond acceptors (Lipinski definition) is 4. The summed E-state index contributed by atoms with van der Waals surface area (Å²) in [6.07, 6.45) is 0.860. The second-order valence-corrected chi connectivity index (χ2v) is 5.49. The molecule has 1 N–H and O–H groups in total. The first-order valence-corrected chi connectivity index (χ1v) is 5.91. The van der Waals surface area contributed by atoms with E-state index in [0.29, 0.717) is 24.6 Å². The van der Waals surface area contributed by atoms with Gasteiger partial charge >= 0.3 is 0 Å². The summed E-state index contributed by atoms with van der Waals surface area (Å²) in [7, 11) is 0. The molecule has 0 radical (unpaired) electrons. The van der Waals surface area contributed by atoms with Crippen LogP contribution >= 0.6 is 0 Å². The number of carbonyl (C=O) groups excluding carboxylic acids is 1. The van der Waals surface area contributed by atoms with Crippen molar-refractivity contribution in [2.75, 3.05) is 0 Å². The highest BCUT2D eigenvalue weighted by atomic mass is 16.4. The fraction of sp³-hybridized carbons (Fsp3) is 0.750. The molecule has 0 aromatic carbocycles. The molecule has 0 saturated carbocycles. The third-order valence-corrected chi connectivity index (χ3v) is 2.06. The van der Waals surface area contributed by atoms with Crippen LogP contribution in [0.3, 0.4) is 0 Å². The molecule has 96 valence electrons. The van der Waals surface area contributed by atoms with Gasteiger partial charge in [-0.15, -0.1) is 10.2 Å². The fourth-order valence-electron chi connectivity index (χ4n) is 1.30. The third-order valence-electron chi connectivity index (χ3n) is 2.06. The van der Waals surface area contributed by atoms with Crippen LogP contribution in [-0.2, 0) is 11.2 Å². The summed E-state index contributed by atoms with van der Waals surface area (Å²) in [4.78, 5) is 11.6. The summed E-state index contributed by atoms with van der Waals surface area (Å²) >= 11 is 0. The van der Waals surface area contributed by atoms with E-state index in [2.05, 4.69) is 15.5 Å². The molecule has 0 atom stereocenters. The molecule has 5 nitrogen and oxygen atoms in total. The van der Waals surface area contributed by atoms with Crippen LogP contribution in [0.25, 0.3) is 0 Å². The summed E-state index contributed by atoms with van der Waals surface area (Å²) in [6, 6.07) is 0. The average Bonchev–Trinajstić information content (AvgIpc) is 2.60. The molecular formula is C12H21N3O2. The molecule has 0 aliphatic heterocycles. The molecule has 0 saturated heterocycles. The maximum Gasteiger partial charge on any atom is 0.220 e. The van der Waals surface area contributed by atoms with Gasteiger partial charge in [-0.3, -0.25) is 4.79 Å². The molecule has 0 spiro atoms. The van der Waals surface area contributed by atoms with E-state index in [1.54, 1.807) is 0 Å². The Balaban J connectivity index is 2.42. The number of nitrogens with zero attached hydrogens (tertiary/aromatic N) is 2. The number of rotatable bonds is 4. The lowest BCUT2D eigenvalue weighted by atomic mass is 10.1. The van der Waals surface area contributed by atoms with Crippen molar-refractivity contribution in [3.63, 3.8) is 0 Å². The zero-order chi connectivity index (χ0) is 13.1. The van der Waals surface area contributed by atoms with E-state index in [4.69, 9.17) is 4.42 Å².